The molecule has 1 saturated heterocycles. The Labute approximate surface area is 155 Å². The summed E-state index contributed by atoms with van der Waals surface area (Å²) in [4.78, 5) is 23.2. The van der Waals surface area contributed by atoms with Gasteiger partial charge >= 0.3 is 5.97 Å². The number of rotatable bonds is 7. The van der Waals surface area contributed by atoms with E-state index >= 15 is 0 Å². The van der Waals surface area contributed by atoms with Gasteiger partial charge in [-0.1, -0.05) is 34.1 Å². The Bertz CT molecular complexity index is 632. The number of anilines is 1. The molecule has 0 spiro atoms. The summed E-state index contributed by atoms with van der Waals surface area (Å²) in [5.41, 5.74) is 2.66. The molecule has 0 aliphatic carbocycles. The summed E-state index contributed by atoms with van der Waals surface area (Å²) in [6.45, 7) is 0.304. The number of aliphatic carboxylic acids is 1. The van der Waals surface area contributed by atoms with Gasteiger partial charge in [0.25, 0.3) is 0 Å². The topological polar surface area (TPSA) is 75.6 Å². The van der Waals surface area contributed by atoms with Crippen molar-refractivity contribution < 1.29 is 19.4 Å². The Balaban J connectivity index is 1.45. The highest BCUT2D eigenvalue weighted by molar-refractivity contribution is 8.77. The van der Waals surface area contributed by atoms with Gasteiger partial charge < -0.3 is 15.2 Å². The second kappa shape index (κ2) is 8.96. The van der Waals surface area contributed by atoms with E-state index in [1.54, 1.807) is 0 Å². The lowest BCUT2D eigenvalue weighted by Gasteiger charge is -2.23. The molecule has 5 nitrogen and oxygen atoms in total. The van der Waals surface area contributed by atoms with Gasteiger partial charge in [-0.05, 0) is 42.5 Å². The molecule has 0 radical (unpaired) electrons. The van der Waals surface area contributed by atoms with E-state index in [1.165, 1.54) is 18.6 Å². The van der Waals surface area contributed by atoms with Crippen LogP contribution in [0.1, 0.15) is 43.2 Å². The van der Waals surface area contributed by atoms with Gasteiger partial charge in [-0.2, -0.15) is 0 Å². The van der Waals surface area contributed by atoms with Crippen molar-refractivity contribution in [1.29, 1.82) is 0 Å². The van der Waals surface area contributed by atoms with Gasteiger partial charge in [-0.25, -0.2) is 4.79 Å². The van der Waals surface area contributed by atoms with E-state index in [4.69, 9.17) is 9.84 Å². The number of hydrogen-bond donors (Lipinski definition) is 2. The average Bonchev–Trinajstić information content (AvgIpc) is 3.11. The number of amides is 1. The number of nitrogens with one attached hydrogen (secondary N) is 1. The number of hydrogen-bond acceptors (Lipinski definition) is 5. The Morgan fingerprint density at radius 2 is 2.16 bits per heavy atom. The van der Waals surface area contributed by atoms with Gasteiger partial charge in [-0.15, -0.1) is 0 Å². The zero-order chi connectivity index (χ0) is 17.6. The predicted molar refractivity (Wildman–Crippen MR) is 102 cm³/mol. The van der Waals surface area contributed by atoms with Crippen molar-refractivity contribution in [2.45, 2.75) is 56.5 Å². The summed E-state index contributed by atoms with van der Waals surface area (Å²) in [7, 11) is 3.94. The first-order chi connectivity index (χ1) is 12.1. The number of carboxylic acid groups (broad SMARTS) is 1. The number of ether oxygens (including phenoxy) is 1. The molecule has 2 aliphatic heterocycles. The fourth-order valence-corrected chi connectivity index (χ4v) is 6.12. The zero-order valence-corrected chi connectivity index (χ0v) is 15.7. The smallest absolute Gasteiger partial charge is 0.333 e. The van der Waals surface area contributed by atoms with Crippen LogP contribution >= 0.6 is 21.6 Å². The summed E-state index contributed by atoms with van der Waals surface area (Å²) in [5.74, 6) is 0.330. The number of carbonyl (C=O) groups is 2. The van der Waals surface area contributed by atoms with Crippen molar-refractivity contribution in [2.24, 2.45) is 0 Å². The van der Waals surface area contributed by atoms with Crippen LogP contribution in [-0.2, 0) is 27.4 Å². The van der Waals surface area contributed by atoms with E-state index in [2.05, 4.69) is 5.32 Å². The van der Waals surface area contributed by atoms with Gasteiger partial charge in [-0.3, -0.25) is 4.79 Å². The van der Waals surface area contributed by atoms with Crippen LogP contribution in [-0.4, -0.2) is 34.1 Å². The number of unbranched alkanes of at least 4 members (excludes halogenated alkanes) is 1. The lowest BCUT2D eigenvalue weighted by Crippen LogP contribution is -2.30. The van der Waals surface area contributed by atoms with E-state index < -0.39 is 12.1 Å². The number of carboxylic acids is 1. The van der Waals surface area contributed by atoms with Gasteiger partial charge in [0.05, 0.1) is 6.61 Å². The van der Waals surface area contributed by atoms with Crippen LogP contribution in [0.2, 0.25) is 0 Å². The maximum absolute atomic E-state index is 12.1. The van der Waals surface area contributed by atoms with Crippen molar-refractivity contribution in [3.8, 4) is 0 Å². The molecule has 2 heterocycles. The molecular weight excluding hydrogens is 358 g/mol. The molecule has 3 rings (SSSR count). The zero-order valence-electron chi connectivity index (χ0n) is 14.0. The third-order valence-corrected chi connectivity index (χ3v) is 7.52. The van der Waals surface area contributed by atoms with Crippen LogP contribution in [0.15, 0.2) is 18.2 Å². The third-order valence-electron chi connectivity index (χ3n) is 4.52. The van der Waals surface area contributed by atoms with Gasteiger partial charge in [0.1, 0.15) is 0 Å². The largest absolute Gasteiger partial charge is 0.479 e. The molecule has 1 aromatic carbocycles. The molecule has 1 fully saturated rings. The van der Waals surface area contributed by atoms with Crippen molar-refractivity contribution in [1.82, 2.24) is 0 Å². The Hall–Kier alpha value is -1.18. The van der Waals surface area contributed by atoms with E-state index in [0.717, 1.165) is 34.9 Å². The van der Waals surface area contributed by atoms with E-state index in [1.807, 2.05) is 39.8 Å². The molecule has 0 bridgehead atoms. The number of benzene rings is 1. The predicted octanol–water partition coefficient (Wildman–Crippen LogP) is 3.87. The quantitative estimate of drug-likeness (QED) is 0.552. The summed E-state index contributed by atoms with van der Waals surface area (Å²) >= 11 is 0. The van der Waals surface area contributed by atoms with E-state index in [0.29, 0.717) is 19.4 Å². The minimum absolute atomic E-state index is 0.0234. The second-order valence-corrected chi connectivity index (χ2v) is 9.24. The Morgan fingerprint density at radius 3 is 2.92 bits per heavy atom. The van der Waals surface area contributed by atoms with Crippen LogP contribution in [0, 0.1) is 0 Å². The van der Waals surface area contributed by atoms with Crippen molar-refractivity contribution >= 4 is 39.2 Å². The standard InChI is InChI=1S/C18H23NO4S2/c20-17(4-2-1-3-15-7-8-24-25-15)19-14-6-5-12-11-23-16(18(21)22)10-13(12)9-14/h5-6,9,15-16H,1-4,7-8,10-11H2,(H,19,20)(H,21,22)/t15?,16-/m0/s1. The maximum Gasteiger partial charge on any atom is 0.333 e. The Morgan fingerprint density at radius 1 is 1.28 bits per heavy atom. The van der Waals surface area contributed by atoms with Crippen molar-refractivity contribution in [2.75, 3.05) is 11.1 Å². The van der Waals surface area contributed by atoms with Crippen LogP contribution < -0.4 is 5.32 Å². The molecule has 7 heteroatoms. The molecule has 0 aromatic heterocycles. The highest BCUT2D eigenvalue weighted by Gasteiger charge is 2.25. The lowest BCUT2D eigenvalue weighted by molar-refractivity contribution is -0.152. The molecule has 2 atom stereocenters. The number of carbonyl (C=O) groups excluding carboxylic acids is 1. The molecule has 1 amide bonds. The fraction of sp³-hybridized carbons (Fsp3) is 0.556. The van der Waals surface area contributed by atoms with Crippen LogP contribution in [0.5, 0.6) is 0 Å². The third kappa shape index (κ3) is 5.39. The SMILES string of the molecule is O=C(CCCCC1CCSS1)Nc1ccc2c(c1)C[C@@H](C(=O)O)OC2. The highest BCUT2D eigenvalue weighted by Crippen LogP contribution is 2.39. The molecule has 2 N–H and O–H groups in total. The monoisotopic (exact) mass is 381 g/mol. The molecule has 25 heavy (non-hydrogen) atoms. The maximum atomic E-state index is 12.1. The second-order valence-electron chi connectivity index (χ2n) is 6.45. The first-order valence-electron chi connectivity index (χ1n) is 8.66. The minimum atomic E-state index is -0.945. The first kappa shape index (κ1) is 18.6. The molecule has 1 aromatic rings. The van der Waals surface area contributed by atoms with Crippen molar-refractivity contribution in [3.63, 3.8) is 0 Å². The minimum Gasteiger partial charge on any atom is -0.479 e. The first-order valence-corrected chi connectivity index (χ1v) is 11.0. The molecular formula is C18H23NO4S2. The lowest BCUT2D eigenvalue weighted by atomic mass is 9.98. The van der Waals surface area contributed by atoms with Gasteiger partial charge in [0, 0.05) is 29.5 Å². The number of fused-ring (bicyclic) bond motifs is 1. The Kier molecular flexibility index (Phi) is 6.67. The normalized spacial score (nSPS) is 22.4. The van der Waals surface area contributed by atoms with Gasteiger partial charge in [0.2, 0.25) is 5.91 Å². The van der Waals surface area contributed by atoms with Crippen LogP contribution in [0.25, 0.3) is 0 Å². The molecule has 1 unspecified atom stereocenters. The van der Waals surface area contributed by atoms with Crippen molar-refractivity contribution in [3.05, 3.63) is 29.3 Å². The highest BCUT2D eigenvalue weighted by atomic mass is 33.1. The summed E-state index contributed by atoms with van der Waals surface area (Å²) in [6.07, 6.45) is 4.55. The molecule has 136 valence electrons. The average molecular weight is 382 g/mol. The molecule has 0 saturated carbocycles. The fourth-order valence-electron chi connectivity index (χ4n) is 3.09. The summed E-state index contributed by atoms with van der Waals surface area (Å²) in [6, 6.07) is 5.63. The van der Waals surface area contributed by atoms with E-state index in [-0.39, 0.29) is 5.91 Å². The molecule has 2 aliphatic rings. The van der Waals surface area contributed by atoms with Crippen LogP contribution in [0.3, 0.4) is 0 Å². The summed E-state index contributed by atoms with van der Waals surface area (Å²) < 4.78 is 5.30. The summed E-state index contributed by atoms with van der Waals surface area (Å²) in [5, 5.41) is 12.8. The van der Waals surface area contributed by atoms with E-state index in [9.17, 15) is 9.59 Å². The van der Waals surface area contributed by atoms with Gasteiger partial charge in [0.15, 0.2) is 6.10 Å². The van der Waals surface area contributed by atoms with Crippen LogP contribution in [0.4, 0.5) is 5.69 Å².